The quantitative estimate of drug-likeness (QED) is 0.592. The van der Waals surface area contributed by atoms with Gasteiger partial charge in [-0.25, -0.2) is 0 Å². The molecule has 1 N–H and O–H groups in total. The lowest BCUT2D eigenvalue weighted by atomic mass is 10.2. The van der Waals surface area contributed by atoms with Gasteiger partial charge >= 0.3 is 0 Å². The molecule has 23 heavy (non-hydrogen) atoms. The highest BCUT2D eigenvalue weighted by Crippen LogP contribution is 2.25. The summed E-state index contributed by atoms with van der Waals surface area (Å²) in [5.41, 5.74) is 0.0968. The largest absolute Gasteiger partial charge is 0.319 e. The van der Waals surface area contributed by atoms with Gasteiger partial charge in [0.25, 0.3) is 5.69 Å². The number of nitrogens with one attached hydrogen (secondary N) is 1. The second-order valence-corrected chi connectivity index (χ2v) is 7.61. The highest BCUT2D eigenvalue weighted by atomic mass is 79.9. The number of anilines is 1. The number of rotatable bonds is 6. The highest BCUT2D eigenvalue weighted by Gasteiger charge is 2.22. The number of nitro groups is 1. The summed E-state index contributed by atoms with van der Waals surface area (Å²) in [7, 11) is 1.84. The van der Waals surface area contributed by atoms with Crippen LogP contribution in [0.5, 0.6) is 0 Å². The summed E-state index contributed by atoms with van der Waals surface area (Å²) in [5, 5.41) is 13.6. The third-order valence-corrected chi connectivity index (χ3v) is 5.04. The van der Waals surface area contributed by atoms with Crippen molar-refractivity contribution in [3.05, 3.63) is 55.2 Å². The first-order chi connectivity index (χ1) is 10.9. The van der Waals surface area contributed by atoms with Crippen LogP contribution in [-0.4, -0.2) is 28.8 Å². The van der Waals surface area contributed by atoms with E-state index in [0.29, 0.717) is 6.54 Å². The predicted octanol–water partition coefficient (Wildman–Crippen LogP) is 3.88. The van der Waals surface area contributed by atoms with Crippen LogP contribution in [0, 0.1) is 10.1 Å². The maximum absolute atomic E-state index is 12.3. The Morgan fingerprint density at radius 1 is 1.39 bits per heavy atom. The highest BCUT2D eigenvalue weighted by molar-refractivity contribution is 9.11. The van der Waals surface area contributed by atoms with Gasteiger partial charge in [0.15, 0.2) is 0 Å². The second kappa shape index (κ2) is 7.67. The molecule has 8 heteroatoms. The van der Waals surface area contributed by atoms with Gasteiger partial charge in [-0.1, -0.05) is 12.1 Å². The molecular formula is C15H16BrN3O3S. The number of likely N-dealkylation sites (N-methyl/N-ethyl adjacent to an activating group) is 1. The standard InChI is InChI=1S/C15H16BrN3O3S/c1-10(18(2)9-11-7-8-14(16)23-11)15(20)17-12-5-3-4-6-13(12)19(21)22/h3-8,10H,9H2,1-2H3,(H,17,20)/t10-/m0/s1. The zero-order valence-corrected chi connectivity index (χ0v) is 15.1. The molecule has 0 saturated heterocycles. The summed E-state index contributed by atoms with van der Waals surface area (Å²) in [5.74, 6) is -0.280. The van der Waals surface area contributed by atoms with Crippen LogP contribution < -0.4 is 5.32 Å². The van der Waals surface area contributed by atoms with Crippen molar-refractivity contribution in [1.82, 2.24) is 4.90 Å². The van der Waals surface area contributed by atoms with E-state index in [0.717, 1.165) is 8.66 Å². The summed E-state index contributed by atoms with van der Waals surface area (Å²) >= 11 is 5.02. The molecule has 1 aromatic carbocycles. The van der Waals surface area contributed by atoms with Crippen LogP contribution in [-0.2, 0) is 11.3 Å². The Morgan fingerprint density at radius 2 is 2.09 bits per heavy atom. The zero-order valence-electron chi connectivity index (χ0n) is 12.7. The lowest BCUT2D eigenvalue weighted by molar-refractivity contribution is -0.383. The molecule has 0 aliphatic rings. The van der Waals surface area contributed by atoms with Gasteiger partial charge < -0.3 is 5.32 Å². The van der Waals surface area contributed by atoms with Gasteiger partial charge in [0, 0.05) is 17.5 Å². The van der Waals surface area contributed by atoms with E-state index in [1.54, 1.807) is 30.4 Å². The van der Waals surface area contributed by atoms with E-state index in [4.69, 9.17) is 0 Å². The number of nitrogens with zero attached hydrogens (tertiary/aromatic N) is 2. The van der Waals surface area contributed by atoms with Gasteiger partial charge in [0.2, 0.25) is 5.91 Å². The van der Waals surface area contributed by atoms with E-state index in [2.05, 4.69) is 21.2 Å². The molecule has 0 fully saturated rings. The Morgan fingerprint density at radius 3 is 2.70 bits per heavy atom. The zero-order chi connectivity index (χ0) is 17.0. The van der Waals surface area contributed by atoms with Crippen LogP contribution in [0.15, 0.2) is 40.2 Å². The Hall–Kier alpha value is -1.77. The fourth-order valence-corrected chi connectivity index (χ4v) is 3.54. The smallest absolute Gasteiger partial charge is 0.292 e. The van der Waals surface area contributed by atoms with Crippen molar-refractivity contribution in [3.63, 3.8) is 0 Å². The number of hydrogen-bond donors (Lipinski definition) is 1. The van der Waals surface area contributed by atoms with Crippen molar-refractivity contribution < 1.29 is 9.72 Å². The minimum absolute atomic E-state index is 0.113. The summed E-state index contributed by atoms with van der Waals surface area (Å²) in [4.78, 5) is 25.8. The molecule has 0 aliphatic heterocycles. The molecule has 6 nitrogen and oxygen atoms in total. The fraction of sp³-hybridized carbons (Fsp3) is 0.267. The molecule has 0 radical (unpaired) electrons. The molecule has 1 atom stereocenters. The first-order valence-corrected chi connectivity index (χ1v) is 8.48. The fourth-order valence-electron chi connectivity index (χ4n) is 2.00. The number of carbonyl (C=O) groups excluding carboxylic acids is 1. The van der Waals surface area contributed by atoms with Crippen LogP contribution in [0.2, 0.25) is 0 Å². The Bertz CT molecular complexity index is 719. The number of benzene rings is 1. The third-order valence-electron chi connectivity index (χ3n) is 3.43. The average molecular weight is 398 g/mol. The van der Waals surface area contributed by atoms with Crippen molar-refractivity contribution >= 4 is 44.5 Å². The lowest BCUT2D eigenvalue weighted by Gasteiger charge is -2.23. The maximum atomic E-state index is 12.3. The van der Waals surface area contributed by atoms with E-state index < -0.39 is 11.0 Å². The minimum atomic E-state index is -0.507. The van der Waals surface area contributed by atoms with Gasteiger partial charge in [0.05, 0.1) is 14.8 Å². The SMILES string of the molecule is C[C@@H](C(=O)Nc1ccccc1[N+](=O)[O-])N(C)Cc1ccc(Br)s1. The monoisotopic (exact) mass is 397 g/mol. The van der Waals surface area contributed by atoms with Crippen LogP contribution in [0.4, 0.5) is 11.4 Å². The number of halogens is 1. The van der Waals surface area contributed by atoms with Crippen molar-refractivity contribution in [2.24, 2.45) is 0 Å². The van der Waals surface area contributed by atoms with Crippen LogP contribution >= 0.6 is 27.3 Å². The van der Waals surface area contributed by atoms with Gasteiger partial charge in [-0.15, -0.1) is 11.3 Å². The number of nitro benzene ring substituents is 1. The number of carbonyl (C=O) groups is 1. The molecule has 2 rings (SSSR count). The molecule has 0 bridgehead atoms. The van der Waals surface area contributed by atoms with Gasteiger partial charge in [-0.3, -0.25) is 19.8 Å². The van der Waals surface area contributed by atoms with Crippen molar-refractivity contribution in [3.8, 4) is 0 Å². The van der Waals surface area contributed by atoms with Crippen molar-refractivity contribution in [2.45, 2.75) is 19.5 Å². The Kier molecular flexibility index (Phi) is 5.86. The summed E-state index contributed by atoms with van der Waals surface area (Å²) in [6, 6.07) is 9.66. The molecule has 122 valence electrons. The van der Waals surface area contributed by atoms with E-state index in [-0.39, 0.29) is 17.3 Å². The molecule has 0 spiro atoms. The molecule has 0 aliphatic carbocycles. The number of thiophene rings is 1. The number of amides is 1. The molecule has 1 amide bonds. The maximum Gasteiger partial charge on any atom is 0.292 e. The van der Waals surface area contributed by atoms with Gasteiger partial charge in [0.1, 0.15) is 5.69 Å². The van der Waals surface area contributed by atoms with Crippen LogP contribution in [0.3, 0.4) is 0 Å². The molecular weight excluding hydrogens is 382 g/mol. The summed E-state index contributed by atoms with van der Waals surface area (Å²) in [6.07, 6.45) is 0. The van der Waals surface area contributed by atoms with E-state index >= 15 is 0 Å². The number of para-hydroxylation sites is 2. The lowest BCUT2D eigenvalue weighted by Crippen LogP contribution is -2.39. The second-order valence-electron chi connectivity index (χ2n) is 5.06. The van der Waals surface area contributed by atoms with E-state index in [1.165, 1.54) is 12.1 Å². The predicted molar refractivity (Wildman–Crippen MR) is 94.7 cm³/mol. The molecule has 0 saturated carbocycles. The Balaban J connectivity index is 2.03. The molecule has 1 aromatic heterocycles. The average Bonchev–Trinajstić information content (AvgIpc) is 2.91. The van der Waals surface area contributed by atoms with Crippen molar-refractivity contribution in [1.29, 1.82) is 0 Å². The molecule has 2 aromatic rings. The summed E-state index contributed by atoms with van der Waals surface area (Å²) in [6.45, 7) is 2.40. The Labute approximate surface area is 146 Å². The van der Waals surface area contributed by atoms with Crippen LogP contribution in [0.25, 0.3) is 0 Å². The minimum Gasteiger partial charge on any atom is -0.319 e. The normalized spacial score (nSPS) is 12.2. The first kappa shape index (κ1) is 17.6. The van der Waals surface area contributed by atoms with Gasteiger partial charge in [-0.05, 0) is 48.1 Å². The van der Waals surface area contributed by atoms with Crippen LogP contribution in [0.1, 0.15) is 11.8 Å². The number of hydrogen-bond acceptors (Lipinski definition) is 5. The van der Waals surface area contributed by atoms with Gasteiger partial charge in [-0.2, -0.15) is 0 Å². The topological polar surface area (TPSA) is 75.5 Å². The first-order valence-electron chi connectivity index (χ1n) is 6.87. The molecule has 1 heterocycles. The molecule has 0 unspecified atom stereocenters. The van der Waals surface area contributed by atoms with E-state index in [1.807, 2.05) is 24.1 Å². The summed E-state index contributed by atoms with van der Waals surface area (Å²) < 4.78 is 1.04. The third kappa shape index (κ3) is 4.60. The van der Waals surface area contributed by atoms with Crippen molar-refractivity contribution in [2.75, 3.05) is 12.4 Å². The van der Waals surface area contributed by atoms with E-state index in [9.17, 15) is 14.9 Å².